The van der Waals surface area contributed by atoms with Crippen molar-refractivity contribution in [3.63, 3.8) is 0 Å². The molecule has 0 saturated heterocycles. The van der Waals surface area contributed by atoms with Gasteiger partial charge in [0.25, 0.3) is 0 Å². The summed E-state index contributed by atoms with van der Waals surface area (Å²) < 4.78 is 1.65. The summed E-state index contributed by atoms with van der Waals surface area (Å²) in [6, 6.07) is 9.31. The lowest BCUT2D eigenvalue weighted by molar-refractivity contribution is 0.246. The van der Waals surface area contributed by atoms with Crippen LogP contribution < -0.4 is 10.6 Å². The number of urea groups is 1. The van der Waals surface area contributed by atoms with E-state index in [2.05, 4.69) is 25.7 Å². The Hall–Kier alpha value is -3.22. The van der Waals surface area contributed by atoms with E-state index in [1.165, 1.54) is 0 Å². The molecule has 138 valence electrons. The van der Waals surface area contributed by atoms with Crippen molar-refractivity contribution in [2.24, 2.45) is 13.0 Å². The molecule has 1 saturated carbocycles. The van der Waals surface area contributed by atoms with Crippen LogP contribution in [0.3, 0.4) is 0 Å². The molecule has 0 bridgehead atoms. The average molecular weight is 362 g/mol. The first-order valence-electron chi connectivity index (χ1n) is 9.04. The molecule has 1 fully saturated rings. The van der Waals surface area contributed by atoms with Crippen molar-refractivity contribution >= 4 is 11.8 Å². The number of pyridine rings is 2. The number of nitrogens with zero attached hydrogens (tertiary/aromatic N) is 4. The fourth-order valence-electron chi connectivity index (χ4n) is 3.13. The smallest absolute Gasteiger partial charge is 0.320 e. The van der Waals surface area contributed by atoms with E-state index in [0.717, 1.165) is 35.4 Å². The first kappa shape index (κ1) is 17.2. The SMILES string of the molecule is Cc1ccnc([C@@H](NC(=O)Nc2cc(-c3cccnc3)nn2C)C2CC2)c1. The number of aryl methyl sites for hydroxylation is 2. The molecule has 3 aromatic heterocycles. The Bertz CT molecular complexity index is 948. The van der Waals surface area contributed by atoms with Crippen LogP contribution in [0.5, 0.6) is 0 Å². The van der Waals surface area contributed by atoms with Gasteiger partial charge in [-0.1, -0.05) is 0 Å². The zero-order chi connectivity index (χ0) is 18.8. The Morgan fingerprint density at radius 3 is 2.81 bits per heavy atom. The number of nitrogens with one attached hydrogen (secondary N) is 2. The summed E-state index contributed by atoms with van der Waals surface area (Å²) in [5.41, 5.74) is 3.72. The molecule has 0 radical (unpaired) electrons. The van der Waals surface area contributed by atoms with Crippen LogP contribution in [0, 0.1) is 12.8 Å². The van der Waals surface area contributed by atoms with Gasteiger partial charge in [0.15, 0.2) is 0 Å². The maximum atomic E-state index is 12.6. The van der Waals surface area contributed by atoms with Gasteiger partial charge in [-0.2, -0.15) is 5.10 Å². The van der Waals surface area contributed by atoms with Gasteiger partial charge in [-0.05, 0) is 55.5 Å². The normalized spacial score (nSPS) is 14.6. The molecular weight excluding hydrogens is 340 g/mol. The lowest BCUT2D eigenvalue weighted by atomic mass is 10.1. The number of anilines is 1. The summed E-state index contributed by atoms with van der Waals surface area (Å²) in [6.07, 6.45) is 7.48. The van der Waals surface area contributed by atoms with Crippen molar-refractivity contribution < 1.29 is 4.79 Å². The molecular formula is C20H22N6O. The average Bonchev–Trinajstić information content (AvgIpc) is 3.44. The van der Waals surface area contributed by atoms with E-state index in [4.69, 9.17) is 0 Å². The third kappa shape index (κ3) is 3.97. The fourth-order valence-corrected chi connectivity index (χ4v) is 3.13. The topological polar surface area (TPSA) is 84.7 Å². The zero-order valence-corrected chi connectivity index (χ0v) is 15.4. The summed E-state index contributed by atoms with van der Waals surface area (Å²) in [7, 11) is 1.80. The number of hydrogen-bond acceptors (Lipinski definition) is 4. The number of rotatable bonds is 5. The maximum absolute atomic E-state index is 12.6. The molecule has 7 nitrogen and oxygen atoms in total. The van der Waals surface area contributed by atoms with Crippen LogP contribution in [0.2, 0.25) is 0 Å². The molecule has 0 unspecified atom stereocenters. The number of hydrogen-bond donors (Lipinski definition) is 2. The molecule has 0 aliphatic heterocycles. The predicted molar refractivity (Wildman–Crippen MR) is 103 cm³/mol. The summed E-state index contributed by atoms with van der Waals surface area (Å²) in [5, 5.41) is 10.4. The Morgan fingerprint density at radius 2 is 2.11 bits per heavy atom. The Balaban J connectivity index is 1.48. The van der Waals surface area contributed by atoms with E-state index >= 15 is 0 Å². The number of aromatic nitrogens is 4. The van der Waals surface area contributed by atoms with Gasteiger partial charge in [-0.25, -0.2) is 4.79 Å². The van der Waals surface area contributed by atoms with E-state index in [-0.39, 0.29) is 12.1 Å². The molecule has 4 rings (SSSR count). The van der Waals surface area contributed by atoms with Crippen molar-refractivity contribution in [1.29, 1.82) is 0 Å². The molecule has 2 amide bonds. The molecule has 3 heterocycles. The van der Waals surface area contributed by atoms with Crippen molar-refractivity contribution in [3.8, 4) is 11.3 Å². The second-order valence-corrected chi connectivity index (χ2v) is 6.95. The van der Waals surface area contributed by atoms with Gasteiger partial charge in [0, 0.05) is 37.3 Å². The third-order valence-electron chi connectivity index (χ3n) is 4.71. The van der Waals surface area contributed by atoms with E-state index in [1.807, 2.05) is 37.3 Å². The van der Waals surface area contributed by atoms with Crippen LogP contribution in [-0.4, -0.2) is 25.8 Å². The van der Waals surface area contributed by atoms with Crippen molar-refractivity contribution in [1.82, 2.24) is 25.1 Å². The highest BCUT2D eigenvalue weighted by molar-refractivity contribution is 5.89. The van der Waals surface area contributed by atoms with Crippen LogP contribution in [0.15, 0.2) is 48.9 Å². The standard InChI is InChI=1S/C20H22N6O/c1-13-7-9-22-17(10-13)19(14-5-6-14)24-20(27)23-18-11-16(25-26(18)2)15-4-3-8-21-12-15/h3-4,7-12,14,19H,5-6H2,1-2H3,(H2,23,24,27)/t19-/m0/s1. The highest BCUT2D eigenvalue weighted by Crippen LogP contribution is 2.40. The molecule has 2 N–H and O–H groups in total. The second-order valence-electron chi connectivity index (χ2n) is 6.95. The molecule has 1 aliphatic rings. The quantitative estimate of drug-likeness (QED) is 0.728. The van der Waals surface area contributed by atoms with Gasteiger partial charge in [0.2, 0.25) is 0 Å². The van der Waals surface area contributed by atoms with Crippen LogP contribution in [0.1, 0.15) is 30.1 Å². The highest BCUT2D eigenvalue weighted by Gasteiger charge is 2.34. The van der Waals surface area contributed by atoms with Crippen molar-refractivity contribution in [2.75, 3.05) is 5.32 Å². The third-order valence-corrected chi connectivity index (χ3v) is 4.71. The van der Waals surface area contributed by atoms with Gasteiger partial charge < -0.3 is 5.32 Å². The second kappa shape index (κ2) is 7.19. The van der Waals surface area contributed by atoms with Gasteiger partial charge in [-0.15, -0.1) is 0 Å². The molecule has 3 aromatic rings. The predicted octanol–water partition coefficient (Wildman–Crippen LogP) is 3.46. The van der Waals surface area contributed by atoms with E-state index in [1.54, 1.807) is 30.3 Å². The minimum absolute atomic E-state index is 0.0732. The summed E-state index contributed by atoms with van der Waals surface area (Å²) >= 11 is 0. The molecule has 1 aliphatic carbocycles. The van der Waals surface area contributed by atoms with Crippen LogP contribution in [-0.2, 0) is 7.05 Å². The van der Waals surface area contributed by atoms with Crippen LogP contribution >= 0.6 is 0 Å². The highest BCUT2D eigenvalue weighted by atomic mass is 16.2. The van der Waals surface area contributed by atoms with E-state index < -0.39 is 0 Å². The van der Waals surface area contributed by atoms with Gasteiger partial charge in [0.1, 0.15) is 5.82 Å². The maximum Gasteiger partial charge on any atom is 0.320 e. The lowest BCUT2D eigenvalue weighted by Crippen LogP contribution is -2.34. The van der Waals surface area contributed by atoms with Gasteiger partial charge >= 0.3 is 6.03 Å². The fraction of sp³-hybridized carbons (Fsp3) is 0.300. The Kier molecular flexibility index (Phi) is 4.58. The number of carbonyl (C=O) groups is 1. The van der Waals surface area contributed by atoms with E-state index in [9.17, 15) is 4.79 Å². The first-order chi connectivity index (χ1) is 13.1. The Labute approximate surface area is 157 Å². The van der Waals surface area contributed by atoms with Gasteiger partial charge in [0.05, 0.1) is 17.4 Å². The summed E-state index contributed by atoms with van der Waals surface area (Å²) in [4.78, 5) is 21.2. The number of carbonyl (C=O) groups excluding carboxylic acids is 1. The molecule has 1 atom stereocenters. The summed E-state index contributed by atoms with van der Waals surface area (Å²) in [5.74, 6) is 1.07. The monoisotopic (exact) mass is 362 g/mol. The molecule has 7 heteroatoms. The van der Waals surface area contributed by atoms with Crippen molar-refractivity contribution in [3.05, 3.63) is 60.2 Å². The van der Waals surface area contributed by atoms with E-state index in [0.29, 0.717) is 11.7 Å². The minimum Gasteiger partial charge on any atom is -0.329 e. The van der Waals surface area contributed by atoms with Crippen LogP contribution in [0.25, 0.3) is 11.3 Å². The first-order valence-corrected chi connectivity index (χ1v) is 9.04. The number of amides is 2. The lowest BCUT2D eigenvalue weighted by Gasteiger charge is -2.18. The summed E-state index contributed by atoms with van der Waals surface area (Å²) in [6.45, 7) is 2.03. The van der Waals surface area contributed by atoms with Gasteiger partial charge in [-0.3, -0.25) is 20.0 Å². The minimum atomic E-state index is -0.254. The van der Waals surface area contributed by atoms with Crippen molar-refractivity contribution in [2.45, 2.75) is 25.8 Å². The molecule has 0 aromatic carbocycles. The molecule has 27 heavy (non-hydrogen) atoms. The zero-order valence-electron chi connectivity index (χ0n) is 15.4. The Morgan fingerprint density at radius 1 is 1.26 bits per heavy atom. The largest absolute Gasteiger partial charge is 0.329 e. The van der Waals surface area contributed by atoms with Crippen LogP contribution in [0.4, 0.5) is 10.6 Å². The molecule has 0 spiro atoms.